The number of thiophene rings is 1. The Balaban J connectivity index is 1.29. The van der Waals surface area contributed by atoms with Crippen LogP contribution < -0.4 is 4.90 Å². The Labute approximate surface area is 207 Å². The predicted octanol–water partition coefficient (Wildman–Crippen LogP) is 7.59. The van der Waals surface area contributed by atoms with Crippen molar-refractivity contribution in [1.82, 2.24) is 0 Å². The van der Waals surface area contributed by atoms with Crippen LogP contribution in [0, 0.1) is 0 Å². The maximum Gasteiger partial charge on any atom is 0.192 e. The van der Waals surface area contributed by atoms with E-state index >= 15 is 0 Å². The van der Waals surface area contributed by atoms with E-state index in [4.69, 9.17) is 0 Å². The molecule has 0 bridgehead atoms. The minimum absolute atomic E-state index is 0.0955. The van der Waals surface area contributed by atoms with E-state index in [9.17, 15) is 9.90 Å². The first-order valence-corrected chi connectivity index (χ1v) is 12.5. The molecule has 1 unspecified atom stereocenters. The summed E-state index contributed by atoms with van der Waals surface area (Å²) in [6, 6.07) is 32.9. The zero-order valence-corrected chi connectivity index (χ0v) is 19.6. The summed E-state index contributed by atoms with van der Waals surface area (Å²) in [5.41, 5.74) is 6.68. The van der Waals surface area contributed by atoms with Crippen LogP contribution >= 0.6 is 11.3 Å². The van der Waals surface area contributed by atoms with Crippen LogP contribution in [0.4, 0.5) is 16.4 Å². The molecule has 1 N–H and O–H groups in total. The fourth-order valence-corrected chi connectivity index (χ4v) is 6.28. The molecule has 1 aromatic heterocycles. The van der Waals surface area contributed by atoms with Gasteiger partial charge in [0.05, 0.1) is 11.4 Å². The normalized spacial score (nSPS) is 17.5. The van der Waals surface area contributed by atoms with Crippen molar-refractivity contribution in [3.05, 3.63) is 130 Å². The van der Waals surface area contributed by atoms with Crippen LogP contribution in [0.3, 0.4) is 0 Å². The Kier molecular flexibility index (Phi) is 4.53. The molecule has 2 heterocycles. The van der Waals surface area contributed by atoms with Crippen molar-refractivity contribution in [3.8, 4) is 0 Å². The fourth-order valence-electron chi connectivity index (χ4n) is 5.29. The molecule has 5 aromatic rings. The number of hydrogen-bond acceptors (Lipinski definition) is 4. The third kappa shape index (κ3) is 3.18. The molecular formula is C31H21NO2S. The average Bonchev–Trinajstić information content (AvgIpc) is 3.44. The molecule has 0 radical (unpaired) electrons. The smallest absolute Gasteiger partial charge is 0.192 e. The lowest BCUT2D eigenvalue weighted by Gasteiger charge is -2.32. The van der Waals surface area contributed by atoms with Gasteiger partial charge in [-0.05, 0) is 69.9 Å². The van der Waals surface area contributed by atoms with Gasteiger partial charge in [-0.2, -0.15) is 0 Å². The molecule has 2 aliphatic rings. The standard InChI is InChI=1S/C31H21NO2S/c33-30-24-16-19-7-1-2-8-20(19)17-25(24)31(34)26(30)18-23-13-14-29(35-23)32-27-11-5-3-9-21(27)15-22-10-4-6-12-28(22)32/h1-14,16-18,30,33H,15H2/b26-18-. The van der Waals surface area contributed by atoms with Gasteiger partial charge in [-0.15, -0.1) is 11.3 Å². The average molecular weight is 472 g/mol. The molecule has 7 rings (SSSR count). The number of rotatable bonds is 2. The fraction of sp³-hybridized carbons (Fsp3) is 0.0645. The van der Waals surface area contributed by atoms with Gasteiger partial charge in [0.2, 0.25) is 0 Å². The van der Waals surface area contributed by atoms with E-state index in [0.29, 0.717) is 16.7 Å². The number of fused-ring (bicyclic) bond motifs is 4. The zero-order valence-electron chi connectivity index (χ0n) is 18.8. The number of hydrogen-bond donors (Lipinski definition) is 1. The lowest BCUT2D eigenvalue weighted by molar-refractivity contribution is 0.102. The minimum Gasteiger partial charge on any atom is -0.383 e. The van der Waals surface area contributed by atoms with Crippen LogP contribution in [-0.4, -0.2) is 10.9 Å². The number of carbonyl (C=O) groups excluding carboxylic acids is 1. The van der Waals surface area contributed by atoms with E-state index < -0.39 is 6.10 Å². The van der Waals surface area contributed by atoms with E-state index in [-0.39, 0.29) is 5.78 Å². The summed E-state index contributed by atoms with van der Waals surface area (Å²) in [7, 11) is 0. The van der Waals surface area contributed by atoms with Crippen molar-refractivity contribution in [2.75, 3.05) is 4.90 Å². The molecule has 4 heteroatoms. The Morgan fingerprint density at radius 1 is 0.800 bits per heavy atom. The highest BCUT2D eigenvalue weighted by Gasteiger charge is 2.34. The number of carbonyl (C=O) groups is 1. The van der Waals surface area contributed by atoms with Crippen molar-refractivity contribution in [1.29, 1.82) is 0 Å². The molecular weight excluding hydrogens is 450 g/mol. The molecule has 0 saturated carbocycles. The number of ketones is 1. The largest absolute Gasteiger partial charge is 0.383 e. The monoisotopic (exact) mass is 471 g/mol. The van der Waals surface area contributed by atoms with Gasteiger partial charge in [0.25, 0.3) is 0 Å². The van der Waals surface area contributed by atoms with Crippen molar-refractivity contribution in [2.24, 2.45) is 0 Å². The lowest BCUT2D eigenvalue weighted by Crippen LogP contribution is -2.17. The second kappa shape index (κ2) is 7.77. The van der Waals surface area contributed by atoms with Gasteiger partial charge in [-0.1, -0.05) is 60.7 Å². The third-order valence-corrected chi connectivity index (χ3v) is 8.01. The van der Waals surface area contributed by atoms with Gasteiger partial charge in [-0.25, -0.2) is 0 Å². The minimum atomic E-state index is -0.913. The van der Waals surface area contributed by atoms with Gasteiger partial charge in [0.15, 0.2) is 5.78 Å². The van der Waals surface area contributed by atoms with Crippen molar-refractivity contribution < 1.29 is 9.90 Å². The van der Waals surface area contributed by atoms with E-state index in [2.05, 4.69) is 59.5 Å². The first kappa shape index (κ1) is 20.4. The molecule has 35 heavy (non-hydrogen) atoms. The molecule has 1 aliphatic carbocycles. The maximum absolute atomic E-state index is 13.3. The highest BCUT2D eigenvalue weighted by Crippen LogP contribution is 2.47. The molecule has 4 aromatic carbocycles. The van der Waals surface area contributed by atoms with Crippen molar-refractivity contribution in [3.63, 3.8) is 0 Å². The molecule has 0 fully saturated rings. The van der Waals surface area contributed by atoms with Crippen LogP contribution in [-0.2, 0) is 6.42 Å². The highest BCUT2D eigenvalue weighted by molar-refractivity contribution is 7.17. The van der Waals surface area contributed by atoms with Crippen molar-refractivity contribution >= 4 is 50.3 Å². The first-order chi connectivity index (χ1) is 17.2. The Bertz CT molecular complexity index is 1630. The number of Topliss-reactive ketones (excluding diaryl/α,β-unsaturated/α-hetero) is 1. The summed E-state index contributed by atoms with van der Waals surface area (Å²) < 4.78 is 0. The number of aliphatic hydroxyl groups excluding tert-OH is 1. The number of anilines is 3. The maximum atomic E-state index is 13.3. The highest BCUT2D eigenvalue weighted by atomic mass is 32.1. The zero-order chi connectivity index (χ0) is 23.5. The Morgan fingerprint density at radius 3 is 2.14 bits per heavy atom. The van der Waals surface area contributed by atoms with Gasteiger partial charge in [0, 0.05) is 22.4 Å². The SMILES string of the molecule is O=C1/C(=C\c2ccc(N3c4ccccc4Cc4ccccc43)s2)C(O)c2cc3ccccc3cc21. The van der Waals surface area contributed by atoms with Crippen LogP contribution in [0.1, 0.15) is 38.0 Å². The van der Waals surface area contributed by atoms with E-state index in [0.717, 1.165) is 27.1 Å². The van der Waals surface area contributed by atoms with E-state index in [1.54, 1.807) is 11.3 Å². The van der Waals surface area contributed by atoms with Gasteiger partial charge >= 0.3 is 0 Å². The van der Waals surface area contributed by atoms with Crippen LogP contribution in [0.25, 0.3) is 16.8 Å². The topological polar surface area (TPSA) is 40.5 Å². The van der Waals surface area contributed by atoms with Gasteiger partial charge < -0.3 is 10.0 Å². The van der Waals surface area contributed by atoms with Gasteiger partial charge in [-0.3, -0.25) is 4.79 Å². The summed E-state index contributed by atoms with van der Waals surface area (Å²) in [5, 5.41) is 14.2. The summed E-state index contributed by atoms with van der Waals surface area (Å²) >= 11 is 1.63. The molecule has 1 atom stereocenters. The number of para-hydroxylation sites is 2. The summed E-state index contributed by atoms with van der Waals surface area (Å²) in [6.07, 6.45) is 1.86. The second-order valence-electron chi connectivity index (χ2n) is 9.06. The number of nitrogens with zero attached hydrogens (tertiary/aromatic N) is 1. The molecule has 1 aliphatic heterocycles. The number of aliphatic hydroxyl groups is 1. The molecule has 0 saturated heterocycles. The molecule has 0 amide bonds. The third-order valence-electron chi connectivity index (χ3n) is 6.99. The predicted molar refractivity (Wildman–Crippen MR) is 143 cm³/mol. The molecule has 3 nitrogen and oxygen atoms in total. The van der Waals surface area contributed by atoms with E-state index in [1.165, 1.54) is 22.5 Å². The number of benzene rings is 4. The second-order valence-corrected chi connectivity index (χ2v) is 10.2. The Morgan fingerprint density at radius 2 is 1.43 bits per heavy atom. The quantitative estimate of drug-likeness (QED) is 0.265. The van der Waals surface area contributed by atoms with Crippen molar-refractivity contribution in [2.45, 2.75) is 12.5 Å². The van der Waals surface area contributed by atoms with Gasteiger partial charge in [0.1, 0.15) is 11.1 Å². The van der Waals surface area contributed by atoms with Crippen LogP contribution in [0.2, 0.25) is 0 Å². The summed E-state index contributed by atoms with van der Waals surface area (Å²) in [6.45, 7) is 0. The van der Waals surface area contributed by atoms with E-state index in [1.807, 2.05) is 48.5 Å². The van der Waals surface area contributed by atoms with Crippen LogP contribution in [0.15, 0.2) is 103 Å². The summed E-state index contributed by atoms with van der Waals surface area (Å²) in [4.78, 5) is 16.5. The Hall–Kier alpha value is -3.99. The first-order valence-electron chi connectivity index (χ1n) is 11.7. The lowest BCUT2D eigenvalue weighted by atomic mass is 9.96. The molecule has 168 valence electrons. The molecule has 0 spiro atoms. The van der Waals surface area contributed by atoms with Crippen LogP contribution in [0.5, 0.6) is 0 Å². The summed E-state index contributed by atoms with van der Waals surface area (Å²) in [5.74, 6) is -0.0955.